The molecule has 1 heterocycles. The van der Waals surface area contributed by atoms with E-state index in [9.17, 15) is 19.5 Å². The second-order valence-electron chi connectivity index (χ2n) is 8.32. The number of anilines is 1. The molecule has 1 saturated carbocycles. The summed E-state index contributed by atoms with van der Waals surface area (Å²) in [6.07, 6.45) is 5.00. The van der Waals surface area contributed by atoms with Gasteiger partial charge in [-0.2, -0.15) is 0 Å². The van der Waals surface area contributed by atoms with Crippen molar-refractivity contribution in [3.63, 3.8) is 0 Å². The number of carboxylic acid groups (broad SMARTS) is 1. The number of carbonyl (C=O) groups is 3. The van der Waals surface area contributed by atoms with E-state index in [1.54, 1.807) is 13.8 Å². The second-order valence-corrected chi connectivity index (χ2v) is 9.42. The Kier molecular flexibility index (Phi) is 6.43. The van der Waals surface area contributed by atoms with Gasteiger partial charge in [0.25, 0.3) is 0 Å². The van der Waals surface area contributed by atoms with E-state index in [4.69, 9.17) is 4.74 Å². The minimum atomic E-state index is -1.17. The lowest BCUT2D eigenvalue weighted by atomic mass is 9.78. The number of carbonyl (C=O) groups excluding carboxylic acids is 3. The van der Waals surface area contributed by atoms with Crippen LogP contribution in [0.4, 0.5) is 5.00 Å². The van der Waals surface area contributed by atoms with Crippen LogP contribution in [0.1, 0.15) is 73.7 Å². The van der Waals surface area contributed by atoms with E-state index in [2.05, 4.69) is 12.2 Å². The number of nitrogens with one attached hydrogen (secondary N) is 1. The van der Waals surface area contributed by atoms with Crippen molar-refractivity contribution in [2.24, 2.45) is 17.8 Å². The van der Waals surface area contributed by atoms with E-state index in [0.717, 1.165) is 42.5 Å². The van der Waals surface area contributed by atoms with Crippen molar-refractivity contribution in [1.29, 1.82) is 0 Å². The van der Waals surface area contributed by atoms with Gasteiger partial charge >= 0.3 is 5.97 Å². The minimum Gasteiger partial charge on any atom is -0.550 e. The van der Waals surface area contributed by atoms with Crippen LogP contribution in [0, 0.1) is 17.8 Å². The predicted octanol–water partition coefficient (Wildman–Crippen LogP) is 2.93. The molecule has 7 heteroatoms. The first-order valence-corrected chi connectivity index (χ1v) is 11.0. The van der Waals surface area contributed by atoms with Crippen LogP contribution in [0.5, 0.6) is 0 Å². The first-order valence-electron chi connectivity index (χ1n) is 10.1. The SMILES string of the molecule is CC(C)OC(=O)c1c(NC(=O)[C@@H]2CCCC[C@H]2C(=O)[O-])sc2c1CC[C@H](C)C2. The Balaban J connectivity index is 1.89. The number of hydrogen-bond donors (Lipinski definition) is 1. The zero-order valence-electron chi connectivity index (χ0n) is 16.7. The standard InChI is InChI=1S/C21H29NO5S/c1-11(2)27-21(26)17-15-9-8-12(3)10-16(15)28-19(17)22-18(23)13-6-4-5-7-14(13)20(24)25/h11-14H,4-10H2,1-3H3,(H,22,23)(H,24,25)/p-1/t12-,13+,14+/m0/s1. The number of rotatable bonds is 5. The van der Waals surface area contributed by atoms with Gasteiger partial charge in [0.05, 0.1) is 11.7 Å². The number of carboxylic acids is 1. The molecule has 1 aromatic rings. The van der Waals surface area contributed by atoms with Gasteiger partial charge in [0, 0.05) is 22.7 Å². The highest BCUT2D eigenvalue weighted by Gasteiger charge is 2.34. The van der Waals surface area contributed by atoms with Crippen molar-refractivity contribution >= 4 is 34.2 Å². The smallest absolute Gasteiger partial charge is 0.341 e. The fourth-order valence-corrected chi connectivity index (χ4v) is 5.66. The monoisotopic (exact) mass is 406 g/mol. The van der Waals surface area contributed by atoms with Gasteiger partial charge in [-0.05, 0) is 57.4 Å². The summed E-state index contributed by atoms with van der Waals surface area (Å²) in [6.45, 7) is 5.77. The highest BCUT2D eigenvalue weighted by molar-refractivity contribution is 7.17. The maximum atomic E-state index is 12.9. The number of ether oxygens (including phenoxy) is 1. The summed E-state index contributed by atoms with van der Waals surface area (Å²) in [5.74, 6) is -2.78. The van der Waals surface area contributed by atoms with Crippen LogP contribution in [0.15, 0.2) is 0 Å². The van der Waals surface area contributed by atoms with Crippen LogP contribution < -0.4 is 10.4 Å². The third-order valence-electron chi connectivity index (χ3n) is 5.70. The fourth-order valence-electron chi connectivity index (χ4n) is 4.26. The number of aliphatic carboxylic acids is 1. The van der Waals surface area contributed by atoms with E-state index >= 15 is 0 Å². The van der Waals surface area contributed by atoms with Crippen molar-refractivity contribution in [1.82, 2.24) is 0 Å². The normalized spacial score (nSPS) is 24.5. The summed E-state index contributed by atoms with van der Waals surface area (Å²) in [7, 11) is 0. The van der Waals surface area contributed by atoms with Crippen molar-refractivity contribution < 1.29 is 24.2 Å². The Labute approximate surface area is 169 Å². The summed E-state index contributed by atoms with van der Waals surface area (Å²) >= 11 is 1.43. The third-order valence-corrected chi connectivity index (χ3v) is 6.87. The number of hydrogen-bond acceptors (Lipinski definition) is 6. The summed E-state index contributed by atoms with van der Waals surface area (Å²) in [6, 6.07) is 0. The van der Waals surface area contributed by atoms with Gasteiger partial charge in [0.1, 0.15) is 5.00 Å². The Bertz CT molecular complexity index is 769. The van der Waals surface area contributed by atoms with E-state index in [1.807, 2.05) is 0 Å². The van der Waals surface area contributed by atoms with Crippen molar-refractivity contribution in [2.75, 3.05) is 5.32 Å². The molecule has 2 aliphatic carbocycles. The molecule has 1 amide bonds. The summed E-state index contributed by atoms with van der Waals surface area (Å²) in [5, 5.41) is 14.8. The molecule has 0 radical (unpaired) electrons. The average molecular weight is 407 g/mol. The zero-order valence-corrected chi connectivity index (χ0v) is 17.5. The first-order chi connectivity index (χ1) is 13.3. The molecule has 2 aliphatic rings. The molecule has 1 fully saturated rings. The predicted molar refractivity (Wildman–Crippen MR) is 105 cm³/mol. The number of thiophene rings is 1. The molecular weight excluding hydrogens is 378 g/mol. The lowest BCUT2D eigenvalue weighted by Gasteiger charge is -2.31. The molecule has 3 atom stereocenters. The second kappa shape index (κ2) is 8.64. The summed E-state index contributed by atoms with van der Waals surface area (Å²) in [4.78, 5) is 38.2. The molecule has 3 rings (SSSR count). The van der Waals surface area contributed by atoms with Gasteiger partial charge in [0.15, 0.2) is 0 Å². The largest absolute Gasteiger partial charge is 0.550 e. The lowest BCUT2D eigenvalue weighted by molar-refractivity contribution is -0.313. The molecule has 0 aliphatic heterocycles. The van der Waals surface area contributed by atoms with E-state index in [1.165, 1.54) is 11.3 Å². The van der Waals surface area contributed by atoms with Gasteiger partial charge in [-0.1, -0.05) is 19.8 Å². The fraction of sp³-hybridized carbons (Fsp3) is 0.667. The van der Waals surface area contributed by atoms with Crippen molar-refractivity contribution in [3.8, 4) is 0 Å². The molecule has 0 saturated heterocycles. The molecule has 154 valence electrons. The number of esters is 1. The van der Waals surface area contributed by atoms with Gasteiger partial charge in [0.2, 0.25) is 5.91 Å². The highest BCUT2D eigenvalue weighted by atomic mass is 32.1. The highest BCUT2D eigenvalue weighted by Crippen LogP contribution is 2.41. The molecule has 0 unspecified atom stereocenters. The van der Waals surface area contributed by atoms with Gasteiger partial charge in [-0.3, -0.25) is 4.79 Å². The van der Waals surface area contributed by atoms with Crippen molar-refractivity contribution in [3.05, 3.63) is 16.0 Å². The lowest BCUT2D eigenvalue weighted by Crippen LogP contribution is -2.42. The Hall–Kier alpha value is -1.89. The summed E-state index contributed by atoms with van der Waals surface area (Å²) in [5.41, 5.74) is 1.43. The number of amides is 1. The van der Waals surface area contributed by atoms with Crippen LogP contribution in [0.3, 0.4) is 0 Å². The zero-order chi connectivity index (χ0) is 20.4. The van der Waals surface area contributed by atoms with Crippen molar-refractivity contribution in [2.45, 2.75) is 71.8 Å². The average Bonchev–Trinajstić information content (AvgIpc) is 2.97. The Morgan fingerprint density at radius 2 is 1.82 bits per heavy atom. The van der Waals surface area contributed by atoms with Crippen LogP contribution in [-0.2, 0) is 27.2 Å². The molecule has 6 nitrogen and oxygen atoms in total. The molecule has 0 aromatic carbocycles. The first kappa shape index (κ1) is 20.8. The topological polar surface area (TPSA) is 95.5 Å². The third kappa shape index (κ3) is 4.40. The van der Waals surface area contributed by atoms with Gasteiger partial charge < -0.3 is 20.0 Å². The maximum Gasteiger partial charge on any atom is 0.341 e. The quantitative estimate of drug-likeness (QED) is 0.759. The van der Waals surface area contributed by atoms with E-state index < -0.39 is 23.8 Å². The van der Waals surface area contributed by atoms with Gasteiger partial charge in [-0.25, -0.2) is 4.79 Å². The van der Waals surface area contributed by atoms with E-state index in [0.29, 0.717) is 29.3 Å². The van der Waals surface area contributed by atoms with Gasteiger partial charge in [-0.15, -0.1) is 11.3 Å². The Morgan fingerprint density at radius 3 is 2.46 bits per heavy atom. The molecule has 1 N–H and O–H groups in total. The number of fused-ring (bicyclic) bond motifs is 1. The van der Waals surface area contributed by atoms with Crippen LogP contribution in [-0.4, -0.2) is 23.9 Å². The van der Waals surface area contributed by atoms with E-state index in [-0.39, 0.29) is 12.0 Å². The molecule has 1 aromatic heterocycles. The molecule has 0 bridgehead atoms. The molecule has 0 spiro atoms. The van der Waals surface area contributed by atoms with Crippen LogP contribution >= 0.6 is 11.3 Å². The summed E-state index contributed by atoms with van der Waals surface area (Å²) < 4.78 is 5.43. The van der Waals surface area contributed by atoms with Crippen LogP contribution in [0.25, 0.3) is 0 Å². The Morgan fingerprint density at radius 1 is 1.14 bits per heavy atom. The molecule has 28 heavy (non-hydrogen) atoms. The molecular formula is C21H28NO5S-. The maximum absolute atomic E-state index is 12.9. The van der Waals surface area contributed by atoms with Crippen LogP contribution in [0.2, 0.25) is 0 Å². The minimum absolute atomic E-state index is 0.255.